The largest absolute Gasteiger partial charge is 0.481 e. The van der Waals surface area contributed by atoms with Gasteiger partial charge in [-0.15, -0.1) is 23.1 Å². The monoisotopic (exact) mass is 483 g/mol. The van der Waals surface area contributed by atoms with Crippen molar-refractivity contribution in [2.45, 2.75) is 5.92 Å². The Morgan fingerprint density at radius 2 is 1.73 bits per heavy atom. The van der Waals surface area contributed by atoms with Gasteiger partial charge < -0.3 is 15.2 Å². The summed E-state index contributed by atoms with van der Waals surface area (Å²) in [5.74, 6) is -0.856. The number of fused-ring (bicyclic) bond motifs is 3. The number of carboxylic acids is 1. The molecule has 4 rings (SSSR count). The lowest BCUT2D eigenvalue weighted by Crippen LogP contribution is -2.26. The molecule has 0 spiro atoms. The van der Waals surface area contributed by atoms with E-state index in [0.29, 0.717) is 12.3 Å². The molecule has 33 heavy (non-hydrogen) atoms. The predicted molar refractivity (Wildman–Crippen MR) is 128 cm³/mol. The first-order valence-corrected chi connectivity index (χ1v) is 12.2. The number of amides is 2. The Kier molecular flexibility index (Phi) is 7.26. The summed E-state index contributed by atoms with van der Waals surface area (Å²) in [4.78, 5) is 39.1. The molecule has 2 amide bonds. The van der Waals surface area contributed by atoms with Gasteiger partial charge in [0.15, 0.2) is 5.13 Å². The van der Waals surface area contributed by atoms with Gasteiger partial charge in [-0.25, -0.2) is 9.78 Å². The van der Waals surface area contributed by atoms with Crippen LogP contribution in [0, 0.1) is 0 Å². The van der Waals surface area contributed by atoms with Crippen LogP contribution in [0.3, 0.4) is 0 Å². The number of anilines is 1. The number of aliphatic carboxylic acids is 1. The SMILES string of the molecule is O=C(O)CSCCNC(=O)c1csc(NC(=O)OCC2c3ccccc3-c3ccccc32)n1. The average Bonchev–Trinajstić information content (AvgIpc) is 3.40. The molecule has 10 heteroatoms. The van der Waals surface area contributed by atoms with Crippen LogP contribution in [0.25, 0.3) is 11.1 Å². The van der Waals surface area contributed by atoms with Gasteiger partial charge in [0.1, 0.15) is 12.3 Å². The zero-order chi connectivity index (χ0) is 23.2. The molecule has 0 atom stereocenters. The third kappa shape index (κ3) is 5.52. The number of carbonyl (C=O) groups excluding carboxylic acids is 2. The van der Waals surface area contributed by atoms with Crippen molar-refractivity contribution in [1.29, 1.82) is 0 Å². The van der Waals surface area contributed by atoms with Gasteiger partial charge in [-0.1, -0.05) is 48.5 Å². The van der Waals surface area contributed by atoms with E-state index < -0.39 is 12.1 Å². The van der Waals surface area contributed by atoms with Crippen molar-refractivity contribution in [3.8, 4) is 11.1 Å². The second-order valence-corrected chi connectivity index (χ2v) is 9.15. The van der Waals surface area contributed by atoms with Gasteiger partial charge >= 0.3 is 12.1 Å². The van der Waals surface area contributed by atoms with Crippen molar-refractivity contribution in [2.24, 2.45) is 0 Å². The molecule has 0 aliphatic heterocycles. The van der Waals surface area contributed by atoms with Crippen molar-refractivity contribution in [3.63, 3.8) is 0 Å². The Hall–Kier alpha value is -3.37. The van der Waals surface area contributed by atoms with E-state index in [1.165, 1.54) is 11.8 Å². The maximum atomic E-state index is 12.4. The lowest BCUT2D eigenvalue weighted by atomic mass is 9.98. The Morgan fingerprint density at radius 3 is 2.39 bits per heavy atom. The van der Waals surface area contributed by atoms with Crippen LogP contribution in [0.4, 0.5) is 9.93 Å². The maximum Gasteiger partial charge on any atom is 0.413 e. The van der Waals surface area contributed by atoms with E-state index in [0.717, 1.165) is 33.6 Å². The van der Waals surface area contributed by atoms with Crippen LogP contribution >= 0.6 is 23.1 Å². The van der Waals surface area contributed by atoms with Crippen LogP contribution in [-0.4, -0.2) is 52.7 Å². The number of nitrogens with one attached hydrogen (secondary N) is 2. The van der Waals surface area contributed by atoms with E-state index in [4.69, 9.17) is 9.84 Å². The number of benzene rings is 2. The number of aromatic nitrogens is 1. The lowest BCUT2D eigenvalue weighted by Gasteiger charge is -2.14. The minimum absolute atomic E-state index is 0.0131. The number of hydrogen-bond donors (Lipinski definition) is 3. The third-order valence-corrected chi connectivity index (χ3v) is 6.75. The van der Waals surface area contributed by atoms with Gasteiger partial charge in [0.05, 0.1) is 5.75 Å². The summed E-state index contributed by atoms with van der Waals surface area (Å²) >= 11 is 2.34. The Balaban J connectivity index is 1.28. The number of rotatable bonds is 9. The topological polar surface area (TPSA) is 118 Å². The Labute approximate surface area is 198 Å². The highest BCUT2D eigenvalue weighted by molar-refractivity contribution is 7.99. The van der Waals surface area contributed by atoms with Crippen molar-refractivity contribution in [1.82, 2.24) is 10.3 Å². The normalized spacial score (nSPS) is 12.0. The number of ether oxygens (including phenoxy) is 1. The molecule has 0 radical (unpaired) electrons. The average molecular weight is 484 g/mol. The first-order valence-electron chi connectivity index (χ1n) is 10.2. The maximum absolute atomic E-state index is 12.4. The number of carboxylic acid groups (broad SMARTS) is 1. The predicted octanol–water partition coefficient (Wildman–Crippen LogP) is 4.05. The standard InChI is InChI=1S/C23H21N3O5S2/c27-20(28)13-32-10-9-24-21(29)19-12-33-22(25-19)26-23(30)31-11-18-16-7-3-1-5-14(16)15-6-2-4-8-17(15)18/h1-8,12,18H,9-11,13H2,(H,24,29)(H,27,28)(H,25,26,30). The fourth-order valence-corrected chi connectivity index (χ4v) is 4.89. The quantitative estimate of drug-likeness (QED) is 0.393. The molecule has 2 aromatic carbocycles. The number of thioether (sulfide) groups is 1. The van der Waals surface area contributed by atoms with Crippen LogP contribution in [0.5, 0.6) is 0 Å². The summed E-state index contributed by atoms with van der Waals surface area (Å²) in [7, 11) is 0. The zero-order valence-corrected chi connectivity index (χ0v) is 19.1. The molecule has 0 saturated heterocycles. The molecule has 1 aromatic heterocycles. The fraction of sp³-hybridized carbons (Fsp3) is 0.217. The number of hydrogen-bond acceptors (Lipinski definition) is 7. The van der Waals surface area contributed by atoms with Crippen LogP contribution in [0.2, 0.25) is 0 Å². The molecular weight excluding hydrogens is 462 g/mol. The van der Waals surface area contributed by atoms with Gasteiger partial charge in [-0.2, -0.15) is 0 Å². The fourth-order valence-electron chi connectivity index (χ4n) is 3.64. The molecule has 0 bridgehead atoms. The van der Waals surface area contributed by atoms with Crippen LogP contribution in [0.15, 0.2) is 53.9 Å². The third-order valence-electron chi connectivity index (χ3n) is 5.05. The second-order valence-electron chi connectivity index (χ2n) is 7.19. The van der Waals surface area contributed by atoms with Crippen molar-refractivity contribution in [2.75, 3.05) is 30.0 Å². The van der Waals surface area contributed by atoms with E-state index >= 15 is 0 Å². The van der Waals surface area contributed by atoms with E-state index in [1.54, 1.807) is 5.38 Å². The molecule has 0 unspecified atom stereocenters. The molecule has 0 fully saturated rings. The molecule has 1 aliphatic carbocycles. The summed E-state index contributed by atoms with van der Waals surface area (Å²) in [6.07, 6.45) is -0.636. The van der Waals surface area contributed by atoms with E-state index in [9.17, 15) is 14.4 Å². The zero-order valence-electron chi connectivity index (χ0n) is 17.4. The van der Waals surface area contributed by atoms with E-state index in [1.807, 2.05) is 36.4 Å². The highest BCUT2D eigenvalue weighted by Gasteiger charge is 2.29. The summed E-state index contributed by atoms with van der Waals surface area (Å²) in [5.41, 5.74) is 4.73. The van der Waals surface area contributed by atoms with Crippen molar-refractivity contribution in [3.05, 3.63) is 70.7 Å². The van der Waals surface area contributed by atoms with E-state index in [2.05, 4.69) is 27.8 Å². The molecular formula is C23H21N3O5S2. The lowest BCUT2D eigenvalue weighted by molar-refractivity contribution is -0.133. The van der Waals surface area contributed by atoms with Gasteiger partial charge in [-0.05, 0) is 22.3 Å². The smallest absolute Gasteiger partial charge is 0.413 e. The minimum atomic E-state index is -0.894. The summed E-state index contributed by atoms with van der Waals surface area (Å²) in [5, 5.41) is 15.6. The van der Waals surface area contributed by atoms with Crippen LogP contribution in [0.1, 0.15) is 27.5 Å². The summed E-state index contributed by atoms with van der Waals surface area (Å²) in [6, 6.07) is 16.2. The molecule has 1 heterocycles. The van der Waals surface area contributed by atoms with Gasteiger partial charge in [0.2, 0.25) is 0 Å². The number of thiazole rings is 1. The summed E-state index contributed by atoms with van der Waals surface area (Å²) < 4.78 is 5.49. The van der Waals surface area contributed by atoms with Crippen molar-refractivity contribution < 1.29 is 24.2 Å². The molecule has 170 valence electrons. The Morgan fingerprint density at radius 1 is 1.06 bits per heavy atom. The minimum Gasteiger partial charge on any atom is -0.481 e. The first-order chi connectivity index (χ1) is 16.0. The molecule has 3 aromatic rings. The van der Waals surface area contributed by atoms with Crippen LogP contribution in [-0.2, 0) is 9.53 Å². The Bertz CT molecular complexity index is 1130. The van der Waals surface area contributed by atoms with Gasteiger partial charge in [-0.3, -0.25) is 14.9 Å². The highest BCUT2D eigenvalue weighted by Crippen LogP contribution is 2.44. The first kappa shape index (κ1) is 22.8. The number of nitrogens with zero attached hydrogens (tertiary/aromatic N) is 1. The van der Waals surface area contributed by atoms with Gasteiger partial charge in [0, 0.05) is 23.6 Å². The molecule has 8 nitrogen and oxygen atoms in total. The van der Waals surface area contributed by atoms with Gasteiger partial charge in [0.25, 0.3) is 5.91 Å². The summed E-state index contributed by atoms with van der Waals surface area (Å²) in [6.45, 7) is 0.510. The molecule has 1 aliphatic rings. The van der Waals surface area contributed by atoms with E-state index in [-0.39, 0.29) is 35.0 Å². The molecule has 0 saturated carbocycles. The molecule has 3 N–H and O–H groups in total. The van der Waals surface area contributed by atoms with Crippen molar-refractivity contribution >= 4 is 46.2 Å². The number of carbonyl (C=O) groups is 3. The second kappa shape index (κ2) is 10.5. The highest BCUT2D eigenvalue weighted by atomic mass is 32.2. The van der Waals surface area contributed by atoms with Crippen LogP contribution < -0.4 is 10.6 Å².